The van der Waals surface area contributed by atoms with Crippen molar-refractivity contribution in [3.05, 3.63) is 30.2 Å². The average molecular weight is 339 g/mol. The molecule has 130 valence electrons. The van der Waals surface area contributed by atoms with Gasteiger partial charge in [-0.15, -0.1) is 5.10 Å². The van der Waals surface area contributed by atoms with Gasteiger partial charge in [-0.3, -0.25) is 10.1 Å². The fourth-order valence-electron chi connectivity index (χ4n) is 2.94. The highest BCUT2D eigenvalue weighted by Gasteiger charge is 2.27. The van der Waals surface area contributed by atoms with Crippen molar-refractivity contribution in [1.82, 2.24) is 25.1 Å². The lowest BCUT2D eigenvalue weighted by Crippen LogP contribution is -2.48. The number of aromatic nitrogens is 5. The Morgan fingerprint density at radius 3 is 2.84 bits per heavy atom. The first kappa shape index (κ1) is 15.8. The Morgan fingerprint density at radius 2 is 2.08 bits per heavy atom. The van der Waals surface area contributed by atoms with E-state index in [9.17, 15) is 0 Å². The molecule has 0 saturated carbocycles. The van der Waals surface area contributed by atoms with Crippen molar-refractivity contribution in [2.75, 3.05) is 18.0 Å². The summed E-state index contributed by atoms with van der Waals surface area (Å²) >= 11 is 0. The molecule has 3 N–H and O–H groups in total. The lowest BCUT2D eigenvalue weighted by atomic mass is 9.91. The zero-order valence-electron chi connectivity index (χ0n) is 14.4. The first-order valence-corrected chi connectivity index (χ1v) is 8.36. The van der Waals surface area contributed by atoms with Crippen LogP contribution in [-0.4, -0.2) is 43.8 Å². The van der Waals surface area contributed by atoms with Gasteiger partial charge in [-0.1, -0.05) is 0 Å². The minimum Gasteiger partial charge on any atom is -0.436 e. The van der Waals surface area contributed by atoms with E-state index in [4.69, 9.17) is 10.5 Å². The van der Waals surface area contributed by atoms with Gasteiger partial charge < -0.3 is 15.4 Å². The molecule has 8 heteroatoms. The van der Waals surface area contributed by atoms with Crippen LogP contribution in [0.2, 0.25) is 0 Å². The largest absolute Gasteiger partial charge is 0.436 e. The lowest BCUT2D eigenvalue weighted by molar-refractivity contribution is 0.363. The highest BCUT2D eigenvalue weighted by Crippen LogP contribution is 2.28. The summed E-state index contributed by atoms with van der Waals surface area (Å²) in [6.07, 6.45) is 5.34. The van der Waals surface area contributed by atoms with E-state index < -0.39 is 0 Å². The Hall–Kier alpha value is -2.74. The Balaban J connectivity index is 1.57. The number of nitrogens with zero attached hydrogens (tertiary/aromatic N) is 5. The van der Waals surface area contributed by atoms with Crippen molar-refractivity contribution in [2.45, 2.75) is 32.2 Å². The zero-order valence-corrected chi connectivity index (χ0v) is 14.4. The van der Waals surface area contributed by atoms with Gasteiger partial charge in [-0.2, -0.15) is 0 Å². The van der Waals surface area contributed by atoms with Crippen molar-refractivity contribution in [3.63, 3.8) is 0 Å². The van der Waals surface area contributed by atoms with Crippen molar-refractivity contribution in [2.24, 2.45) is 5.73 Å². The van der Waals surface area contributed by atoms with Crippen LogP contribution in [0.25, 0.3) is 11.2 Å². The number of ether oxygens (including phenoxy) is 1. The van der Waals surface area contributed by atoms with Crippen molar-refractivity contribution in [3.8, 4) is 11.6 Å². The minimum atomic E-state index is -0.0916. The van der Waals surface area contributed by atoms with E-state index >= 15 is 0 Å². The summed E-state index contributed by atoms with van der Waals surface area (Å²) < 4.78 is 5.81. The van der Waals surface area contributed by atoms with E-state index in [1.54, 1.807) is 18.5 Å². The van der Waals surface area contributed by atoms with E-state index in [2.05, 4.69) is 37.0 Å². The Morgan fingerprint density at radius 1 is 1.28 bits per heavy atom. The molecule has 3 aromatic rings. The fraction of sp³-hybridized carbons (Fsp3) is 0.412. The minimum absolute atomic E-state index is 0.0916. The van der Waals surface area contributed by atoms with E-state index in [1.165, 1.54) is 0 Å². The van der Waals surface area contributed by atoms with Gasteiger partial charge >= 0.3 is 0 Å². The molecule has 3 aromatic heterocycles. The van der Waals surface area contributed by atoms with E-state index in [-0.39, 0.29) is 5.54 Å². The predicted molar refractivity (Wildman–Crippen MR) is 94.8 cm³/mol. The second-order valence-corrected chi connectivity index (χ2v) is 6.83. The summed E-state index contributed by atoms with van der Waals surface area (Å²) in [5, 5.41) is 7.10. The second kappa shape index (κ2) is 5.96. The van der Waals surface area contributed by atoms with Crippen LogP contribution in [0.3, 0.4) is 0 Å². The fourth-order valence-corrected chi connectivity index (χ4v) is 2.94. The number of piperidine rings is 1. The summed E-state index contributed by atoms with van der Waals surface area (Å²) in [5.41, 5.74) is 8.20. The molecule has 0 radical (unpaired) electrons. The summed E-state index contributed by atoms with van der Waals surface area (Å²) in [6, 6.07) is 3.63. The molecule has 0 unspecified atom stereocenters. The monoisotopic (exact) mass is 339 g/mol. The number of rotatable bonds is 3. The molecule has 0 bridgehead atoms. The molecule has 0 aromatic carbocycles. The average Bonchev–Trinajstić information content (AvgIpc) is 2.97. The molecular weight excluding hydrogens is 318 g/mol. The molecule has 0 spiro atoms. The third-order valence-electron chi connectivity index (χ3n) is 4.54. The number of pyridine rings is 1. The number of nitrogens with one attached hydrogen (secondary N) is 1. The van der Waals surface area contributed by atoms with Crippen LogP contribution in [-0.2, 0) is 0 Å². The SMILES string of the molecule is Cc1cc(Oc2n[nH]c3nc(N4CCC(C)(N)CC4)cnc23)ccn1. The van der Waals surface area contributed by atoms with Gasteiger partial charge in [0.1, 0.15) is 11.6 Å². The molecule has 8 nitrogen and oxygen atoms in total. The van der Waals surface area contributed by atoms with Crippen molar-refractivity contribution >= 4 is 17.0 Å². The Labute approximate surface area is 145 Å². The molecule has 4 heterocycles. The van der Waals surface area contributed by atoms with Gasteiger partial charge in [-0.25, -0.2) is 9.97 Å². The van der Waals surface area contributed by atoms with Crippen LogP contribution >= 0.6 is 0 Å². The molecule has 25 heavy (non-hydrogen) atoms. The molecule has 0 atom stereocenters. The molecular formula is C17H21N7O. The quantitative estimate of drug-likeness (QED) is 0.753. The first-order valence-electron chi connectivity index (χ1n) is 8.36. The van der Waals surface area contributed by atoms with Gasteiger partial charge in [-0.05, 0) is 32.8 Å². The number of nitrogens with two attached hydrogens (primary N) is 1. The van der Waals surface area contributed by atoms with Crippen LogP contribution < -0.4 is 15.4 Å². The molecule has 4 rings (SSSR count). The van der Waals surface area contributed by atoms with Crippen LogP contribution in [0.1, 0.15) is 25.5 Å². The first-order chi connectivity index (χ1) is 12.0. The lowest BCUT2D eigenvalue weighted by Gasteiger charge is -2.37. The molecule has 0 aliphatic carbocycles. The van der Waals surface area contributed by atoms with Crippen molar-refractivity contribution < 1.29 is 4.74 Å². The number of aryl methyl sites for hydroxylation is 1. The second-order valence-electron chi connectivity index (χ2n) is 6.83. The third kappa shape index (κ3) is 3.25. The van der Waals surface area contributed by atoms with Crippen molar-refractivity contribution in [1.29, 1.82) is 0 Å². The number of H-pyrrole nitrogens is 1. The maximum Gasteiger partial charge on any atom is 0.266 e. The van der Waals surface area contributed by atoms with Gasteiger partial charge in [0.2, 0.25) is 0 Å². The summed E-state index contributed by atoms with van der Waals surface area (Å²) in [6.45, 7) is 5.76. The highest BCUT2D eigenvalue weighted by atomic mass is 16.5. The van der Waals surface area contributed by atoms with Gasteiger partial charge in [0.15, 0.2) is 11.2 Å². The number of fused-ring (bicyclic) bond motifs is 1. The Kier molecular flexibility index (Phi) is 3.76. The van der Waals surface area contributed by atoms with E-state index in [1.807, 2.05) is 13.0 Å². The number of hydrogen-bond acceptors (Lipinski definition) is 7. The molecule has 1 saturated heterocycles. The number of anilines is 1. The predicted octanol–water partition coefficient (Wildman–Crippen LogP) is 2.17. The summed E-state index contributed by atoms with van der Waals surface area (Å²) in [4.78, 5) is 15.5. The van der Waals surface area contributed by atoms with Gasteiger partial charge in [0.25, 0.3) is 5.88 Å². The standard InChI is InChI=1S/C17H21N7O/c1-11-9-12(3-6-19-11)25-16-14-15(22-23-16)21-13(10-20-14)24-7-4-17(2,18)5-8-24/h3,6,9-10H,4-5,7-8,18H2,1-2H3,(H,21,22,23). The molecule has 1 aliphatic rings. The smallest absolute Gasteiger partial charge is 0.266 e. The van der Waals surface area contributed by atoms with Gasteiger partial charge in [0.05, 0.1) is 6.20 Å². The zero-order chi connectivity index (χ0) is 17.4. The highest BCUT2D eigenvalue weighted by molar-refractivity contribution is 5.77. The number of hydrogen-bond donors (Lipinski definition) is 2. The number of aromatic amines is 1. The van der Waals surface area contributed by atoms with Crippen LogP contribution in [0, 0.1) is 6.92 Å². The Bertz CT molecular complexity index is 895. The molecule has 0 amide bonds. The normalized spacial score (nSPS) is 17.0. The van der Waals surface area contributed by atoms with E-state index in [0.29, 0.717) is 22.8 Å². The molecule has 1 aliphatic heterocycles. The van der Waals surface area contributed by atoms with Crippen LogP contribution in [0.15, 0.2) is 24.5 Å². The topological polar surface area (TPSA) is 106 Å². The van der Waals surface area contributed by atoms with E-state index in [0.717, 1.165) is 37.4 Å². The summed E-state index contributed by atoms with van der Waals surface area (Å²) in [7, 11) is 0. The third-order valence-corrected chi connectivity index (χ3v) is 4.54. The van der Waals surface area contributed by atoms with Crippen LogP contribution in [0.5, 0.6) is 11.6 Å². The molecule has 1 fully saturated rings. The van der Waals surface area contributed by atoms with Gasteiger partial charge in [0, 0.05) is 36.6 Å². The summed E-state index contributed by atoms with van der Waals surface area (Å²) in [5.74, 6) is 1.91. The maximum absolute atomic E-state index is 6.20. The van der Waals surface area contributed by atoms with Crippen LogP contribution in [0.4, 0.5) is 5.82 Å². The maximum atomic E-state index is 6.20.